The maximum atomic E-state index is 9.73. The summed E-state index contributed by atoms with van der Waals surface area (Å²) in [6.45, 7) is 2.19. The van der Waals surface area contributed by atoms with Crippen molar-refractivity contribution >= 4 is 23.7 Å². The largest absolute Gasteiger partial charge is 0.492 e. The third-order valence-corrected chi connectivity index (χ3v) is 4.56. The highest BCUT2D eigenvalue weighted by molar-refractivity contribution is 6.60. The first-order valence-electron chi connectivity index (χ1n) is 7.84. The zero-order chi connectivity index (χ0) is 16.0. The molecule has 0 saturated heterocycles. The molecule has 114 valence electrons. The lowest BCUT2D eigenvalue weighted by molar-refractivity contribution is 0.420. The summed E-state index contributed by atoms with van der Waals surface area (Å²) in [4.78, 5) is 0. The first-order valence-corrected chi connectivity index (χ1v) is 7.84. The van der Waals surface area contributed by atoms with Gasteiger partial charge < -0.3 is 14.8 Å². The molecular weight excluding hydrogens is 287 g/mol. The van der Waals surface area contributed by atoms with Gasteiger partial charge in [-0.2, -0.15) is 0 Å². The first-order chi connectivity index (χ1) is 11.2. The second-order valence-corrected chi connectivity index (χ2v) is 6.06. The van der Waals surface area contributed by atoms with Crippen LogP contribution >= 0.6 is 0 Å². The first kappa shape index (κ1) is 14.3. The molecule has 1 atom stereocenters. The van der Waals surface area contributed by atoms with Crippen LogP contribution in [0, 0.1) is 5.92 Å². The Labute approximate surface area is 135 Å². The van der Waals surface area contributed by atoms with Crippen LogP contribution in [-0.4, -0.2) is 17.2 Å². The zero-order valence-electron chi connectivity index (χ0n) is 12.9. The normalized spacial score (nSPS) is 18.5. The standard InChI is InChI=1S/C19H17BO3/c1-12-6-4-8-14-13-7-2-3-11-17(13)23-19-15(18(12)14)9-5-10-16(19)20(21)22/h2-5,7-12,21-22H,6H2,1H3. The molecule has 1 aliphatic heterocycles. The van der Waals surface area contributed by atoms with Crippen molar-refractivity contribution in [2.24, 2.45) is 5.92 Å². The van der Waals surface area contributed by atoms with Gasteiger partial charge in [0.2, 0.25) is 0 Å². The van der Waals surface area contributed by atoms with E-state index in [2.05, 4.69) is 19.1 Å². The van der Waals surface area contributed by atoms with Crippen molar-refractivity contribution in [2.45, 2.75) is 13.3 Å². The van der Waals surface area contributed by atoms with Crippen LogP contribution in [0.2, 0.25) is 0 Å². The fourth-order valence-corrected chi connectivity index (χ4v) is 3.48. The molecule has 2 aliphatic rings. The van der Waals surface area contributed by atoms with Gasteiger partial charge in [0.15, 0.2) is 0 Å². The zero-order valence-corrected chi connectivity index (χ0v) is 12.9. The number of allylic oxidation sites excluding steroid dienone is 4. The van der Waals surface area contributed by atoms with Crippen LogP contribution in [0.25, 0.3) is 11.1 Å². The molecule has 1 heterocycles. The van der Waals surface area contributed by atoms with E-state index in [1.54, 1.807) is 6.07 Å². The van der Waals surface area contributed by atoms with E-state index >= 15 is 0 Å². The predicted molar refractivity (Wildman–Crippen MR) is 92.5 cm³/mol. The smallest absolute Gasteiger partial charge is 0.456 e. The van der Waals surface area contributed by atoms with Crippen molar-refractivity contribution in [3.05, 3.63) is 65.7 Å². The minimum Gasteiger partial charge on any atom is -0.456 e. The van der Waals surface area contributed by atoms with E-state index in [9.17, 15) is 10.0 Å². The van der Waals surface area contributed by atoms with Gasteiger partial charge in [0, 0.05) is 16.6 Å². The van der Waals surface area contributed by atoms with Gasteiger partial charge in [-0.05, 0) is 29.6 Å². The van der Waals surface area contributed by atoms with Crippen molar-refractivity contribution in [1.82, 2.24) is 0 Å². The Kier molecular flexibility index (Phi) is 3.36. The van der Waals surface area contributed by atoms with Gasteiger partial charge in [0.1, 0.15) is 11.5 Å². The summed E-state index contributed by atoms with van der Waals surface area (Å²) < 4.78 is 6.14. The fraction of sp³-hybridized carbons (Fsp3) is 0.158. The average Bonchev–Trinajstić information content (AvgIpc) is 2.69. The minimum atomic E-state index is -1.56. The minimum absolute atomic E-state index is 0.342. The molecule has 4 rings (SSSR count). The molecule has 1 unspecified atom stereocenters. The van der Waals surface area contributed by atoms with Crippen LogP contribution in [0.3, 0.4) is 0 Å². The lowest BCUT2D eigenvalue weighted by Gasteiger charge is -2.22. The summed E-state index contributed by atoms with van der Waals surface area (Å²) in [7, 11) is -1.56. The van der Waals surface area contributed by atoms with Crippen molar-refractivity contribution in [3.8, 4) is 11.5 Å². The van der Waals surface area contributed by atoms with Crippen molar-refractivity contribution in [1.29, 1.82) is 0 Å². The monoisotopic (exact) mass is 304 g/mol. The van der Waals surface area contributed by atoms with Gasteiger partial charge in [-0.15, -0.1) is 0 Å². The lowest BCUT2D eigenvalue weighted by atomic mass is 9.75. The van der Waals surface area contributed by atoms with Crippen LogP contribution in [0.4, 0.5) is 0 Å². The van der Waals surface area contributed by atoms with Gasteiger partial charge in [0.25, 0.3) is 0 Å². The number of fused-ring (bicyclic) bond motifs is 4. The van der Waals surface area contributed by atoms with Gasteiger partial charge >= 0.3 is 7.12 Å². The number of ether oxygens (including phenoxy) is 1. The molecule has 2 N–H and O–H groups in total. The van der Waals surface area contributed by atoms with E-state index in [1.165, 1.54) is 5.57 Å². The Morgan fingerprint density at radius 3 is 2.65 bits per heavy atom. The maximum absolute atomic E-state index is 9.73. The highest BCUT2D eigenvalue weighted by Gasteiger charge is 2.30. The van der Waals surface area contributed by atoms with Gasteiger partial charge in [-0.3, -0.25) is 0 Å². The number of para-hydroxylation sites is 2. The van der Waals surface area contributed by atoms with E-state index < -0.39 is 7.12 Å². The van der Waals surface area contributed by atoms with E-state index in [-0.39, 0.29) is 0 Å². The van der Waals surface area contributed by atoms with E-state index in [0.717, 1.165) is 28.9 Å². The number of hydrogen-bond donors (Lipinski definition) is 2. The molecule has 0 saturated carbocycles. The Hall–Kier alpha value is -2.30. The number of hydrogen-bond acceptors (Lipinski definition) is 3. The van der Waals surface area contributed by atoms with E-state index in [4.69, 9.17) is 4.74 Å². The molecule has 2 aromatic carbocycles. The van der Waals surface area contributed by atoms with Gasteiger partial charge in [0.05, 0.1) is 0 Å². The van der Waals surface area contributed by atoms with Crippen molar-refractivity contribution < 1.29 is 14.8 Å². The molecule has 1 aliphatic carbocycles. The van der Waals surface area contributed by atoms with Crippen LogP contribution in [-0.2, 0) is 0 Å². The number of rotatable bonds is 1. The quantitative estimate of drug-likeness (QED) is 0.796. The maximum Gasteiger partial charge on any atom is 0.492 e. The van der Waals surface area contributed by atoms with Gasteiger partial charge in [-0.1, -0.05) is 55.5 Å². The molecule has 0 radical (unpaired) electrons. The lowest BCUT2D eigenvalue weighted by Crippen LogP contribution is -2.31. The Morgan fingerprint density at radius 2 is 1.83 bits per heavy atom. The van der Waals surface area contributed by atoms with Crippen molar-refractivity contribution in [3.63, 3.8) is 0 Å². The summed E-state index contributed by atoms with van der Waals surface area (Å²) in [6, 6.07) is 13.4. The molecule has 0 amide bonds. The van der Waals surface area contributed by atoms with Crippen LogP contribution in [0.15, 0.2) is 54.6 Å². The predicted octanol–water partition coefficient (Wildman–Crippen LogP) is 2.98. The Morgan fingerprint density at radius 1 is 1.04 bits per heavy atom. The molecule has 3 nitrogen and oxygen atoms in total. The van der Waals surface area contributed by atoms with Gasteiger partial charge in [-0.25, -0.2) is 0 Å². The summed E-state index contributed by atoms with van der Waals surface area (Å²) in [6.07, 6.45) is 5.30. The highest BCUT2D eigenvalue weighted by Crippen LogP contribution is 2.47. The molecular formula is C19H17BO3. The second-order valence-electron chi connectivity index (χ2n) is 6.06. The molecule has 2 aromatic rings. The van der Waals surface area contributed by atoms with Crippen LogP contribution < -0.4 is 10.2 Å². The SMILES string of the molecule is CC1CC=CC2=C1c1cccc(B(O)O)c1Oc1ccccc12. The molecule has 0 aromatic heterocycles. The average molecular weight is 304 g/mol. The fourth-order valence-electron chi connectivity index (χ4n) is 3.48. The molecule has 0 spiro atoms. The third kappa shape index (κ3) is 2.22. The summed E-state index contributed by atoms with van der Waals surface area (Å²) in [5.41, 5.74) is 4.74. The van der Waals surface area contributed by atoms with E-state index in [0.29, 0.717) is 17.1 Å². The van der Waals surface area contributed by atoms with Crippen LogP contribution in [0.5, 0.6) is 11.5 Å². The van der Waals surface area contributed by atoms with Crippen LogP contribution in [0.1, 0.15) is 24.5 Å². The summed E-state index contributed by atoms with van der Waals surface area (Å²) in [5, 5.41) is 19.5. The summed E-state index contributed by atoms with van der Waals surface area (Å²) >= 11 is 0. The molecule has 0 bridgehead atoms. The third-order valence-electron chi connectivity index (χ3n) is 4.56. The Balaban J connectivity index is 2.08. The molecule has 23 heavy (non-hydrogen) atoms. The summed E-state index contributed by atoms with van der Waals surface area (Å²) in [5.74, 6) is 1.63. The Bertz CT molecular complexity index is 836. The highest BCUT2D eigenvalue weighted by atomic mass is 16.5. The number of benzene rings is 2. The molecule has 4 heteroatoms. The molecule has 0 fully saturated rings. The van der Waals surface area contributed by atoms with E-state index in [1.807, 2.05) is 36.4 Å². The second kappa shape index (κ2) is 5.41. The van der Waals surface area contributed by atoms with Crippen molar-refractivity contribution in [2.75, 3.05) is 0 Å². The topological polar surface area (TPSA) is 49.7 Å².